The summed E-state index contributed by atoms with van der Waals surface area (Å²) in [4.78, 5) is 12.1. The Morgan fingerprint density at radius 2 is 2.00 bits per heavy atom. The van der Waals surface area contributed by atoms with Crippen molar-refractivity contribution in [2.45, 2.75) is 38.0 Å². The Labute approximate surface area is 150 Å². The first-order chi connectivity index (χ1) is 11.7. The molecule has 3 heterocycles. The molecule has 0 amide bonds. The van der Waals surface area contributed by atoms with Crippen molar-refractivity contribution < 1.29 is 4.74 Å². The van der Waals surface area contributed by atoms with Crippen LogP contribution < -0.4 is 0 Å². The summed E-state index contributed by atoms with van der Waals surface area (Å²) in [5, 5.41) is 2.33. The van der Waals surface area contributed by atoms with Gasteiger partial charge in [0.25, 0.3) is 0 Å². The van der Waals surface area contributed by atoms with Crippen LogP contribution in [0.4, 0.5) is 0 Å². The van der Waals surface area contributed by atoms with Gasteiger partial charge in [-0.1, -0.05) is 44.2 Å². The number of aromatic nitrogens is 2. The van der Waals surface area contributed by atoms with Gasteiger partial charge < -0.3 is 4.74 Å². The van der Waals surface area contributed by atoms with E-state index in [0.717, 1.165) is 27.7 Å². The Morgan fingerprint density at radius 1 is 1.21 bits per heavy atom. The quantitative estimate of drug-likeness (QED) is 0.478. The predicted molar refractivity (Wildman–Crippen MR) is 102 cm³/mol. The van der Waals surface area contributed by atoms with E-state index in [0.29, 0.717) is 18.6 Å². The Morgan fingerprint density at radius 3 is 2.71 bits per heavy atom. The van der Waals surface area contributed by atoms with Gasteiger partial charge in [-0.05, 0) is 17.7 Å². The molecule has 0 bridgehead atoms. The molecular weight excluding hydrogens is 336 g/mol. The van der Waals surface area contributed by atoms with Crippen molar-refractivity contribution in [3.05, 3.63) is 40.8 Å². The number of ether oxygens (including phenoxy) is 1. The third-order valence-electron chi connectivity index (χ3n) is 4.50. The summed E-state index contributed by atoms with van der Waals surface area (Å²) in [6.07, 6.45) is 3.35. The maximum atomic E-state index is 6.04. The van der Waals surface area contributed by atoms with Crippen molar-refractivity contribution in [1.82, 2.24) is 9.97 Å². The zero-order chi connectivity index (χ0) is 16.7. The number of benzene rings is 1. The van der Waals surface area contributed by atoms with Gasteiger partial charge >= 0.3 is 0 Å². The Bertz CT molecular complexity index is 874. The number of hydrogen-bond acceptors (Lipinski definition) is 5. The van der Waals surface area contributed by atoms with Crippen LogP contribution in [0.5, 0.6) is 0 Å². The lowest BCUT2D eigenvalue weighted by molar-refractivity contribution is 0.00199. The van der Waals surface area contributed by atoms with Gasteiger partial charge in [0.2, 0.25) is 0 Å². The lowest BCUT2D eigenvalue weighted by atomic mass is 9.96. The van der Waals surface area contributed by atoms with E-state index < -0.39 is 0 Å². The molecule has 0 radical (unpaired) electrons. The van der Waals surface area contributed by atoms with Gasteiger partial charge in [0.05, 0.1) is 12.7 Å². The van der Waals surface area contributed by atoms with Crippen LogP contribution in [0.1, 0.15) is 24.3 Å². The highest BCUT2D eigenvalue weighted by molar-refractivity contribution is 7.98. The summed E-state index contributed by atoms with van der Waals surface area (Å²) in [6.45, 7) is 5.15. The fraction of sp³-hybridized carbons (Fsp3) is 0.368. The van der Waals surface area contributed by atoms with Gasteiger partial charge in [-0.3, -0.25) is 0 Å². The monoisotopic (exact) mass is 356 g/mol. The highest BCUT2D eigenvalue weighted by atomic mass is 32.2. The smallest absolute Gasteiger partial charge is 0.162 e. The van der Waals surface area contributed by atoms with Gasteiger partial charge in [-0.25, -0.2) is 9.97 Å². The average molecular weight is 357 g/mol. The van der Waals surface area contributed by atoms with Crippen molar-refractivity contribution >= 4 is 33.3 Å². The van der Waals surface area contributed by atoms with E-state index in [2.05, 4.69) is 32.2 Å². The number of hydrogen-bond donors (Lipinski definition) is 0. The van der Waals surface area contributed by atoms with Gasteiger partial charge in [0.15, 0.2) is 5.82 Å². The molecule has 0 saturated carbocycles. The fourth-order valence-corrected chi connectivity index (χ4v) is 4.93. The molecule has 0 saturated heterocycles. The molecule has 1 aliphatic rings. The number of rotatable bonds is 3. The predicted octanol–water partition coefficient (Wildman–Crippen LogP) is 5.18. The van der Waals surface area contributed by atoms with E-state index in [1.165, 1.54) is 15.8 Å². The van der Waals surface area contributed by atoms with Crippen molar-refractivity contribution in [1.29, 1.82) is 0 Å². The topological polar surface area (TPSA) is 35.0 Å². The zero-order valence-electron chi connectivity index (χ0n) is 14.1. The zero-order valence-corrected chi connectivity index (χ0v) is 15.7. The highest BCUT2D eigenvalue weighted by Gasteiger charge is 2.27. The minimum absolute atomic E-state index is 0.291. The number of thioether (sulfide) groups is 1. The highest BCUT2D eigenvalue weighted by Crippen LogP contribution is 2.40. The molecule has 3 aromatic rings. The lowest BCUT2D eigenvalue weighted by Crippen LogP contribution is -2.26. The van der Waals surface area contributed by atoms with Crippen LogP contribution >= 0.6 is 23.1 Å². The van der Waals surface area contributed by atoms with E-state index in [1.807, 2.05) is 18.2 Å². The molecule has 5 heteroatoms. The lowest BCUT2D eigenvalue weighted by Gasteiger charge is -2.26. The van der Waals surface area contributed by atoms with Crippen molar-refractivity contribution in [3.8, 4) is 11.4 Å². The Hall–Kier alpha value is -1.43. The normalized spacial score (nSPS) is 17.4. The minimum atomic E-state index is 0.291. The van der Waals surface area contributed by atoms with Crippen LogP contribution in [0.2, 0.25) is 0 Å². The molecule has 0 fully saturated rings. The number of nitrogens with zero attached hydrogens (tertiary/aromatic N) is 2. The second-order valence-corrected chi connectivity index (χ2v) is 8.28. The summed E-state index contributed by atoms with van der Waals surface area (Å²) in [5.74, 6) is 1.34. The van der Waals surface area contributed by atoms with Crippen molar-refractivity contribution in [2.24, 2.45) is 5.92 Å². The summed E-state index contributed by atoms with van der Waals surface area (Å²) >= 11 is 3.47. The first-order valence-corrected chi connectivity index (χ1v) is 10.2. The summed E-state index contributed by atoms with van der Waals surface area (Å²) in [7, 11) is 0. The summed E-state index contributed by atoms with van der Waals surface area (Å²) < 4.78 is 6.04. The minimum Gasteiger partial charge on any atom is -0.372 e. The third-order valence-corrected chi connectivity index (χ3v) is 6.29. The third kappa shape index (κ3) is 2.75. The van der Waals surface area contributed by atoms with Crippen LogP contribution in [0.3, 0.4) is 0 Å². The molecule has 24 heavy (non-hydrogen) atoms. The fourth-order valence-electron chi connectivity index (χ4n) is 3.14. The molecule has 1 unspecified atom stereocenters. The molecule has 1 aliphatic heterocycles. The summed E-state index contributed by atoms with van der Waals surface area (Å²) in [6, 6.07) is 10.2. The van der Waals surface area contributed by atoms with E-state index in [1.54, 1.807) is 23.1 Å². The second kappa shape index (κ2) is 6.47. The molecule has 1 atom stereocenters. The molecule has 0 N–H and O–H groups in total. The molecule has 3 nitrogen and oxygen atoms in total. The van der Waals surface area contributed by atoms with Crippen LogP contribution in [0, 0.1) is 5.92 Å². The Kier molecular flexibility index (Phi) is 4.33. The molecule has 1 aromatic carbocycles. The number of thiophene rings is 1. The van der Waals surface area contributed by atoms with Crippen LogP contribution in [-0.4, -0.2) is 22.3 Å². The van der Waals surface area contributed by atoms with Gasteiger partial charge in [0.1, 0.15) is 9.86 Å². The van der Waals surface area contributed by atoms with Crippen LogP contribution in [-0.2, 0) is 17.8 Å². The van der Waals surface area contributed by atoms with Gasteiger partial charge in [-0.15, -0.1) is 23.1 Å². The standard InChI is InChI=1S/C19H20N2OS2/c1-11(2)14-9-13-15(10-22-14)24-19-16(13)18(23-3)20-17(21-19)12-7-5-4-6-8-12/h4-8,11,14H,9-10H2,1-3H3. The van der Waals surface area contributed by atoms with E-state index in [4.69, 9.17) is 14.7 Å². The first kappa shape index (κ1) is 16.1. The maximum Gasteiger partial charge on any atom is 0.162 e. The largest absolute Gasteiger partial charge is 0.372 e. The molecule has 4 rings (SSSR count). The van der Waals surface area contributed by atoms with Gasteiger partial charge in [0, 0.05) is 22.2 Å². The molecule has 0 spiro atoms. The molecule has 0 aliphatic carbocycles. The maximum absolute atomic E-state index is 6.04. The van der Waals surface area contributed by atoms with E-state index >= 15 is 0 Å². The van der Waals surface area contributed by atoms with Crippen LogP contribution in [0.25, 0.3) is 21.6 Å². The average Bonchev–Trinajstić information content (AvgIpc) is 2.99. The molecule has 2 aromatic heterocycles. The summed E-state index contributed by atoms with van der Waals surface area (Å²) in [5.41, 5.74) is 2.47. The van der Waals surface area contributed by atoms with Crippen LogP contribution in [0.15, 0.2) is 35.4 Å². The van der Waals surface area contributed by atoms with E-state index in [9.17, 15) is 0 Å². The SMILES string of the molecule is CSc1nc(-c2ccccc2)nc2sc3c(c12)CC(C(C)C)OC3. The second-order valence-electron chi connectivity index (χ2n) is 6.40. The Balaban J connectivity index is 1.87. The first-order valence-electron chi connectivity index (χ1n) is 8.20. The molecule has 124 valence electrons. The van der Waals surface area contributed by atoms with Crippen molar-refractivity contribution in [2.75, 3.05) is 6.26 Å². The number of fused-ring (bicyclic) bond motifs is 3. The molecular formula is C19H20N2OS2. The van der Waals surface area contributed by atoms with Crippen molar-refractivity contribution in [3.63, 3.8) is 0 Å². The van der Waals surface area contributed by atoms with Gasteiger partial charge in [-0.2, -0.15) is 0 Å². The van der Waals surface area contributed by atoms with E-state index in [-0.39, 0.29) is 0 Å².